The molecule has 4 nitrogen and oxygen atoms in total. The van der Waals surface area contributed by atoms with E-state index < -0.39 is 11.7 Å². The van der Waals surface area contributed by atoms with Crippen LogP contribution in [0, 0.1) is 5.92 Å². The van der Waals surface area contributed by atoms with E-state index in [1.165, 1.54) is 0 Å². The molecule has 1 heterocycles. The Morgan fingerprint density at radius 2 is 1.73 bits per heavy atom. The predicted octanol–water partition coefficient (Wildman–Crippen LogP) is 2.26. The lowest BCUT2D eigenvalue weighted by molar-refractivity contribution is -0.152. The van der Waals surface area contributed by atoms with E-state index in [2.05, 4.69) is 0 Å². The molecule has 1 aliphatic heterocycles. The second kappa shape index (κ2) is 6.39. The molecule has 2 aliphatic rings. The highest BCUT2D eigenvalue weighted by Gasteiger charge is 2.42. The van der Waals surface area contributed by atoms with Crippen LogP contribution in [0.1, 0.15) is 50.2 Å². The van der Waals surface area contributed by atoms with E-state index in [1.807, 2.05) is 30.3 Å². The first-order valence-corrected chi connectivity index (χ1v) is 8.35. The van der Waals surface area contributed by atoms with Gasteiger partial charge in [0.25, 0.3) is 5.91 Å². The number of likely N-dealkylation sites (tertiary alicyclic amines) is 1. The summed E-state index contributed by atoms with van der Waals surface area (Å²) < 4.78 is 0. The molecule has 0 spiro atoms. The second-order valence-electron chi connectivity index (χ2n) is 6.72. The van der Waals surface area contributed by atoms with Crippen LogP contribution in [0.4, 0.5) is 0 Å². The molecule has 0 bridgehead atoms. The Hall–Kier alpha value is -1.39. The molecule has 1 aliphatic carbocycles. The summed E-state index contributed by atoms with van der Waals surface area (Å²) in [5.41, 5.74) is -0.174. The first-order chi connectivity index (χ1) is 10.6. The number of hydrogen-bond acceptors (Lipinski definition) is 3. The molecule has 1 unspecified atom stereocenters. The van der Waals surface area contributed by atoms with Crippen LogP contribution in [-0.4, -0.2) is 39.7 Å². The van der Waals surface area contributed by atoms with E-state index in [-0.39, 0.29) is 11.8 Å². The molecule has 2 N–H and O–H groups in total. The molecule has 1 aromatic rings. The molecule has 4 heteroatoms. The standard InChI is InChI=1S/C18H25NO3/c20-16(14-6-2-1-3-7-14)15-8-12-19(13-9-15)17(21)18(22)10-4-5-11-18/h1-3,6-7,15-16,20,22H,4-5,8-13H2. The number of hydrogen-bond donors (Lipinski definition) is 2. The minimum absolute atomic E-state index is 0.0994. The highest BCUT2D eigenvalue weighted by Crippen LogP contribution is 2.35. The summed E-state index contributed by atoms with van der Waals surface area (Å²) in [6.45, 7) is 1.27. The number of benzene rings is 1. The molecule has 0 aromatic heterocycles. The second-order valence-corrected chi connectivity index (χ2v) is 6.72. The third-order valence-corrected chi connectivity index (χ3v) is 5.24. The van der Waals surface area contributed by atoms with Crippen molar-refractivity contribution in [1.29, 1.82) is 0 Å². The lowest BCUT2D eigenvalue weighted by Gasteiger charge is -2.37. The summed E-state index contributed by atoms with van der Waals surface area (Å²) in [6.07, 6.45) is 4.18. The van der Waals surface area contributed by atoms with Gasteiger partial charge in [-0.05, 0) is 50.0 Å². The molecular formula is C18H25NO3. The average Bonchev–Trinajstić information content (AvgIpc) is 3.02. The quantitative estimate of drug-likeness (QED) is 0.900. The van der Waals surface area contributed by atoms with E-state index in [4.69, 9.17) is 0 Å². The monoisotopic (exact) mass is 303 g/mol. The van der Waals surface area contributed by atoms with Gasteiger partial charge in [-0.1, -0.05) is 30.3 Å². The molecule has 3 rings (SSSR count). The number of piperidine rings is 1. The third-order valence-electron chi connectivity index (χ3n) is 5.24. The van der Waals surface area contributed by atoms with Crippen molar-refractivity contribution in [2.24, 2.45) is 5.92 Å². The topological polar surface area (TPSA) is 60.8 Å². The largest absolute Gasteiger partial charge is 0.388 e. The van der Waals surface area contributed by atoms with Crippen LogP contribution < -0.4 is 0 Å². The van der Waals surface area contributed by atoms with Gasteiger partial charge in [-0.3, -0.25) is 4.79 Å². The van der Waals surface area contributed by atoms with Crippen LogP contribution in [0.5, 0.6) is 0 Å². The van der Waals surface area contributed by atoms with Gasteiger partial charge in [-0.15, -0.1) is 0 Å². The molecule has 22 heavy (non-hydrogen) atoms. The summed E-state index contributed by atoms with van der Waals surface area (Å²) in [6, 6.07) is 9.71. The fourth-order valence-electron chi connectivity index (χ4n) is 3.81. The van der Waals surface area contributed by atoms with Crippen LogP contribution in [0.2, 0.25) is 0 Å². The number of aliphatic hydroxyl groups excluding tert-OH is 1. The van der Waals surface area contributed by atoms with E-state index in [0.29, 0.717) is 25.9 Å². The molecule has 1 atom stereocenters. The van der Waals surface area contributed by atoms with Crippen molar-refractivity contribution in [1.82, 2.24) is 4.90 Å². The smallest absolute Gasteiger partial charge is 0.254 e. The minimum atomic E-state index is -1.12. The summed E-state index contributed by atoms with van der Waals surface area (Å²) in [4.78, 5) is 14.3. The van der Waals surface area contributed by atoms with Gasteiger partial charge in [0, 0.05) is 13.1 Å². The van der Waals surface area contributed by atoms with Crippen LogP contribution in [0.3, 0.4) is 0 Å². The maximum absolute atomic E-state index is 12.5. The lowest BCUT2D eigenvalue weighted by Crippen LogP contribution is -2.50. The van der Waals surface area contributed by atoms with E-state index >= 15 is 0 Å². The number of carbonyl (C=O) groups is 1. The Bertz CT molecular complexity index is 502. The normalized spacial score (nSPS) is 23.5. The zero-order valence-corrected chi connectivity index (χ0v) is 12.9. The van der Waals surface area contributed by atoms with Crippen molar-refractivity contribution in [2.75, 3.05) is 13.1 Å². The fourth-order valence-corrected chi connectivity index (χ4v) is 3.81. The Balaban J connectivity index is 1.57. The summed E-state index contributed by atoms with van der Waals surface area (Å²) >= 11 is 0. The Morgan fingerprint density at radius 3 is 2.32 bits per heavy atom. The fraction of sp³-hybridized carbons (Fsp3) is 0.611. The maximum Gasteiger partial charge on any atom is 0.254 e. The van der Waals surface area contributed by atoms with Gasteiger partial charge >= 0.3 is 0 Å². The number of nitrogens with zero attached hydrogens (tertiary/aromatic N) is 1. The number of amides is 1. The van der Waals surface area contributed by atoms with Gasteiger partial charge in [0.05, 0.1) is 6.10 Å². The Kier molecular flexibility index (Phi) is 4.50. The van der Waals surface area contributed by atoms with Crippen LogP contribution in [0.25, 0.3) is 0 Å². The minimum Gasteiger partial charge on any atom is -0.388 e. The van der Waals surface area contributed by atoms with Crippen molar-refractivity contribution in [3.8, 4) is 0 Å². The summed E-state index contributed by atoms with van der Waals surface area (Å²) in [7, 11) is 0. The highest BCUT2D eigenvalue weighted by molar-refractivity contribution is 5.85. The zero-order valence-electron chi connectivity index (χ0n) is 12.9. The van der Waals surface area contributed by atoms with E-state index in [9.17, 15) is 15.0 Å². The molecule has 1 aromatic carbocycles. The molecule has 1 saturated carbocycles. The SMILES string of the molecule is O=C(N1CCC(C(O)c2ccccc2)CC1)C1(O)CCCC1. The number of carbonyl (C=O) groups excluding carboxylic acids is 1. The van der Waals surface area contributed by atoms with Crippen molar-refractivity contribution in [2.45, 2.75) is 50.2 Å². The molecule has 1 amide bonds. The number of rotatable bonds is 3. The molecular weight excluding hydrogens is 278 g/mol. The first-order valence-electron chi connectivity index (χ1n) is 8.35. The zero-order chi connectivity index (χ0) is 15.6. The third kappa shape index (κ3) is 3.03. The van der Waals surface area contributed by atoms with Gasteiger partial charge in [0.15, 0.2) is 0 Å². The molecule has 2 fully saturated rings. The van der Waals surface area contributed by atoms with Gasteiger partial charge < -0.3 is 15.1 Å². The Morgan fingerprint density at radius 1 is 1.14 bits per heavy atom. The molecule has 0 radical (unpaired) electrons. The molecule has 120 valence electrons. The Labute approximate surface area is 131 Å². The summed E-state index contributed by atoms with van der Waals surface area (Å²) in [5, 5.41) is 20.9. The van der Waals surface area contributed by atoms with Crippen molar-refractivity contribution < 1.29 is 15.0 Å². The van der Waals surface area contributed by atoms with Crippen LogP contribution >= 0.6 is 0 Å². The van der Waals surface area contributed by atoms with Crippen LogP contribution in [-0.2, 0) is 4.79 Å². The van der Waals surface area contributed by atoms with E-state index in [0.717, 1.165) is 31.2 Å². The predicted molar refractivity (Wildman–Crippen MR) is 84.1 cm³/mol. The average molecular weight is 303 g/mol. The van der Waals surface area contributed by atoms with Crippen molar-refractivity contribution >= 4 is 5.91 Å². The maximum atomic E-state index is 12.5. The van der Waals surface area contributed by atoms with Gasteiger partial charge in [-0.25, -0.2) is 0 Å². The van der Waals surface area contributed by atoms with Gasteiger partial charge in [-0.2, -0.15) is 0 Å². The van der Waals surface area contributed by atoms with Crippen molar-refractivity contribution in [3.05, 3.63) is 35.9 Å². The summed E-state index contributed by atoms with van der Waals surface area (Å²) in [5.74, 6) is 0.0855. The van der Waals surface area contributed by atoms with Crippen LogP contribution in [0.15, 0.2) is 30.3 Å². The lowest BCUT2D eigenvalue weighted by atomic mass is 9.86. The first kappa shape index (κ1) is 15.5. The highest BCUT2D eigenvalue weighted by atomic mass is 16.3. The molecule has 1 saturated heterocycles. The van der Waals surface area contributed by atoms with Gasteiger partial charge in [0.2, 0.25) is 0 Å². The van der Waals surface area contributed by atoms with E-state index in [1.54, 1.807) is 4.90 Å². The number of aliphatic hydroxyl groups is 2. The van der Waals surface area contributed by atoms with Gasteiger partial charge in [0.1, 0.15) is 5.60 Å². The van der Waals surface area contributed by atoms with Crippen molar-refractivity contribution in [3.63, 3.8) is 0 Å².